The van der Waals surface area contributed by atoms with E-state index in [2.05, 4.69) is 10.6 Å². The lowest BCUT2D eigenvalue weighted by molar-refractivity contribution is -0.149. The molecule has 43 heavy (non-hydrogen) atoms. The van der Waals surface area contributed by atoms with Crippen LogP contribution < -0.4 is 10.6 Å². The molecule has 0 heterocycles. The number of ether oxygens (including phenoxy) is 2. The van der Waals surface area contributed by atoms with Crippen LogP contribution in [0, 0.1) is 0 Å². The minimum absolute atomic E-state index is 0.0120. The number of rotatable bonds is 12. The summed E-state index contributed by atoms with van der Waals surface area (Å²) in [6.07, 6.45) is -0.913. The predicted molar refractivity (Wildman–Crippen MR) is 157 cm³/mol. The molecule has 4 aromatic rings. The monoisotopic (exact) mass is 584 g/mol. The Morgan fingerprint density at radius 1 is 0.581 bits per heavy atom. The molecule has 0 saturated carbocycles. The van der Waals surface area contributed by atoms with Gasteiger partial charge in [0.15, 0.2) is 11.5 Å². The van der Waals surface area contributed by atoms with Gasteiger partial charge in [0, 0.05) is 12.8 Å². The number of carbonyl (C=O) groups is 3. The van der Waals surface area contributed by atoms with Gasteiger partial charge in [-0.2, -0.15) is 0 Å². The second-order valence-corrected chi connectivity index (χ2v) is 9.81. The van der Waals surface area contributed by atoms with E-state index in [9.17, 15) is 29.7 Å². The van der Waals surface area contributed by atoms with Gasteiger partial charge in [-0.25, -0.2) is 9.59 Å². The van der Waals surface area contributed by atoms with Crippen molar-refractivity contribution in [3.63, 3.8) is 0 Å². The molecule has 0 unspecified atom stereocenters. The fourth-order valence-electron chi connectivity index (χ4n) is 4.21. The molecular formula is C33H32N2O8. The highest BCUT2D eigenvalue weighted by atomic mass is 16.5. The third-order valence-electron chi connectivity index (χ3n) is 6.50. The first-order valence-electron chi connectivity index (χ1n) is 13.5. The number of amides is 2. The minimum Gasteiger partial charge on any atom is -0.508 e. The van der Waals surface area contributed by atoms with Gasteiger partial charge in [-0.15, -0.1) is 0 Å². The summed E-state index contributed by atoms with van der Waals surface area (Å²) in [5.41, 5.74) is 2.59. The van der Waals surface area contributed by atoms with Crippen molar-refractivity contribution in [2.24, 2.45) is 0 Å². The zero-order valence-corrected chi connectivity index (χ0v) is 23.2. The van der Waals surface area contributed by atoms with Crippen molar-refractivity contribution >= 4 is 18.0 Å². The molecule has 0 aliphatic heterocycles. The van der Waals surface area contributed by atoms with Gasteiger partial charge in [0.05, 0.1) is 0 Å². The molecule has 4 aromatic carbocycles. The summed E-state index contributed by atoms with van der Waals surface area (Å²) in [4.78, 5) is 39.5. The van der Waals surface area contributed by atoms with Gasteiger partial charge in [-0.3, -0.25) is 4.79 Å². The number of aromatic hydroxyl groups is 3. The number of alkyl carbamates (subject to hydrolysis) is 1. The maximum Gasteiger partial charge on any atom is 0.408 e. The average Bonchev–Trinajstić information content (AvgIpc) is 3.02. The standard InChI is InChI=1S/C33H32N2O8/c36-26-14-11-22(12-15-26)17-28(32(40)42-20-23-7-3-1-4-8-23)34-31(39)27(18-25-13-16-29(37)30(38)19-25)35-33(41)43-21-24-9-5-2-6-10-24/h1-16,19,27-28,36-38H,17-18,20-21H2,(H,34,39)(H,35,41)/t27-,28-/m0/s1. The van der Waals surface area contributed by atoms with E-state index >= 15 is 0 Å². The Balaban J connectivity index is 1.51. The first kappa shape index (κ1) is 30.4. The molecule has 222 valence electrons. The predicted octanol–water partition coefficient (Wildman–Crippen LogP) is 4.11. The van der Waals surface area contributed by atoms with Crippen molar-refractivity contribution < 1.29 is 39.2 Å². The van der Waals surface area contributed by atoms with Crippen LogP contribution in [0.4, 0.5) is 4.79 Å². The van der Waals surface area contributed by atoms with Crippen LogP contribution in [0.25, 0.3) is 0 Å². The van der Waals surface area contributed by atoms with Crippen LogP contribution in [0.1, 0.15) is 22.3 Å². The van der Waals surface area contributed by atoms with E-state index < -0.39 is 35.8 Å². The maximum absolute atomic E-state index is 13.6. The summed E-state index contributed by atoms with van der Waals surface area (Å²) in [7, 11) is 0. The fourth-order valence-corrected chi connectivity index (χ4v) is 4.21. The second-order valence-electron chi connectivity index (χ2n) is 9.81. The van der Waals surface area contributed by atoms with E-state index in [1.807, 2.05) is 24.3 Å². The van der Waals surface area contributed by atoms with Gasteiger partial charge in [-0.05, 0) is 46.5 Å². The van der Waals surface area contributed by atoms with E-state index in [-0.39, 0.29) is 37.6 Å². The van der Waals surface area contributed by atoms with Crippen LogP contribution in [0.5, 0.6) is 17.2 Å². The molecule has 0 spiro atoms. The summed E-state index contributed by atoms with van der Waals surface area (Å²) in [5, 5.41) is 34.5. The highest BCUT2D eigenvalue weighted by molar-refractivity contribution is 5.90. The van der Waals surface area contributed by atoms with E-state index in [4.69, 9.17) is 9.47 Å². The lowest BCUT2D eigenvalue weighted by Crippen LogP contribution is -2.53. The van der Waals surface area contributed by atoms with Crippen LogP contribution in [-0.2, 0) is 45.1 Å². The number of esters is 1. The summed E-state index contributed by atoms with van der Waals surface area (Å²) < 4.78 is 10.8. The smallest absolute Gasteiger partial charge is 0.408 e. The van der Waals surface area contributed by atoms with E-state index in [0.717, 1.165) is 11.1 Å². The van der Waals surface area contributed by atoms with Gasteiger partial charge >= 0.3 is 12.1 Å². The molecule has 2 atom stereocenters. The highest BCUT2D eigenvalue weighted by Crippen LogP contribution is 2.25. The molecule has 4 rings (SSSR count). The number of benzene rings is 4. The molecule has 0 aliphatic rings. The van der Waals surface area contributed by atoms with Crippen LogP contribution >= 0.6 is 0 Å². The Hall–Kier alpha value is -5.51. The normalized spacial score (nSPS) is 12.0. The molecular weight excluding hydrogens is 552 g/mol. The molecule has 0 aromatic heterocycles. The number of phenols is 3. The zero-order chi connectivity index (χ0) is 30.6. The first-order valence-corrected chi connectivity index (χ1v) is 13.5. The van der Waals surface area contributed by atoms with Crippen molar-refractivity contribution in [1.29, 1.82) is 0 Å². The molecule has 0 radical (unpaired) electrons. The van der Waals surface area contributed by atoms with E-state index in [1.54, 1.807) is 48.5 Å². The Morgan fingerprint density at radius 2 is 1.14 bits per heavy atom. The molecule has 10 nitrogen and oxygen atoms in total. The third kappa shape index (κ3) is 9.53. The fraction of sp³-hybridized carbons (Fsp3) is 0.182. The maximum atomic E-state index is 13.6. The van der Waals surface area contributed by atoms with E-state index in [0.29, 0.717) is 11.1 Å². The van der Waals surface area contributed by atoms with Gasteiger partial charge in [-0.1, -0.05) is 78.9 Å². The van der Waals surface area contributed by atoms with Crippen LogP contribution in [0.2, 0.25) is 0 Å². The number of hydrogen-bond acceptors (Lipinski definition) is 8. The van der Waals surface area contributed by atoms with Crippen LogP contribution in [-0.4, -0.2) is 45.4 Å². The van der Waals surface area contributed by atoms with Gasteiger partial charge in [0.1, 0.15) is 31.0 Å². The number of carbonyl (C=O) groups excluding carboxylic acids is 3. The molecule has 0 fully saturated rings. The highest BCUT2D eigenvalue weighted by Gasteiger charge is 2.29. The SMILES string of the molecule is O=C(N[C@@H](Cc1ccc(O)c(O)c1)C(=O)N[C@@H](Cc1ccc(O)cc1)C(=O)OCc1ccccc1)OCc1ccccc1. The average molecular weight is 585 g/mol. The quantitative estimate of drug-likeness (QED) is 0.123. The van der Waals surface area contributed by atoms with Gasteiger partial charge < -0.3 is 35.4 Å². The van der Waals surface area contributed by atoms with Crippen molar-refractivity contribution in [3.05, 3.63) is 125 Å². The first-order chi connectivity index (χ1) is 20.8. The van der Waals surface area contributed by atoms with Crippen molar-refractivity contribution in [3.8, 4) is 17.2 Å². The molecule has 0 aliphatic carbocycles. The lowest BCUT2D eigenvalue weighted by Gasteiger charge is -2.23. The van der Waals surface area contributed by atoms with Crippen LogP contribution in [0.3, 0.4) is 0 Å². The number of nitrogens with one attached hydrogen (secondary N) is 2. The molecule has 0 bridgehead atoms. The molecule has 2 amide bonds. The zero-order valence-electron chi connectivity index (χ0n) is 23.2. The summed E-state index contributed by atoms with van der Waals surface area (Å²) in [6.45, 7) is -0.0435. The largest absolute Gasteiger partial charge is 0.508 e. The second kappa shape index (κ2) is 14.9. The third-order valence-corrected chi connectivity index (χ3v) is 6.50. The number of hydrogen-bond donors (Lipinski definition) is 5. The molecule has 0 saturated heterocycles. The molecule has 5 N–H and O–H groups in total. The van der Waals surface area contributed by atoms with Crippen LogP contribution in [0.15, 0.2) is 103 Å². The Labute approximate surface area is 248 Å². The molecule has 10 heteroatoms. The Morgan fingerprint density at radius 3 is 1.74 bits per heavy atom. The van der Waals surface area contributed by atoms with E-state index in [1.165, 1.54) is 30.3 Å². The van der Waals surface area contributed by atoms with Crippen molar-refractivity contribution in [2.75, 3.05) is 0 Å². The summed E-state index contributed by atoms with van der Waals surface area (Å²) in [6, 6.07) is 25.9. The topological polar surface area (TPSA) is 154 Å². The Bertz CT molecular complexity index is 1510. The Kier molecular flexibility index (Phi) is 10.6. The van der Waals surface area contributed by atoms with Crippen molar-refractivity contribution in [1.82, 2.24) is 10.6 Å². The van der Waals surface area contributed by atoms with Gasteiger partial charge in [0.2, 0.25) is 5.91 Å². The van der Waals surface area contributed by atoms with Gasteiger partial charge in [0.25, 0.3) is 0 Å². The number of phenolic OH excluding ortho intramolecular Hbond substituents is 3. The van der Waals surface area contributed by atoms with Crippen molar-refractivity contribution in [2.45, 2.75) is 38.1 Å². The lowest BCUT2D eigenvalue weighted by atomic mass is 10.0. The summed E-state index contributed by atoms with van der Waals surface area (Å²) in [5.74, 6) is -2.08. The summed E-state index contributed by atoms with van der Waals surface area (Å²) >= 11 is 0. The minimum atomic E-state index is -1.23.